The standard InChI is InChI=1S/C20H45NS/c1-4-5-6-7-8-9-10-11-12-13-14-15-16-17-18-19-20-22(2,3)21/h4-21H2,1-3H3. The highest BCUT2D eigenvalue weighted by Crippen LogP contribution is 2.30. The summed E-state index contributed by atoms with van der Waals surface area (Å²) in [6.45, 7) is 2.29. The van der Waals surface area contributed by atoms with Gasteiger partial charge in [0, 0.05) is 0 Å². The van der Waals surface area contributed by atoms with E-state index in [9.17, 15) is 0 Å². The Morgan fingerprint density at radius 1 is 0.500 bits per heavy atom. The number of unbranched alkanes of at least 4 members (excludes halogenated alkanes) is 15. The van der Waals surface area contributed by atoms with Crippen LogP contribution in [-0.2, 0) is 0 Å². The third kappa shape index (κ3) is 20.3. The van der Waals surface area contributed by atoms with Crippen LogP contribution in [0.3, 0.4) is 0 Å². The lowest BCUT2D eigenvalue weighted by atomic mass is 10.0. The van der Waals surface area contributed by atoms with E-state index in [2.05, 4.69) is 19.4 Å². The summed E-state index contributed by atoms with van der Waals surface area (Å²) in [6, 6.07) is 0. The molecule has 0 radical (unpaired) electrons. The maximum absolute atomic E-state index is 6.08. The molecule has 0 spiro atoms. The average molecular weight is 332 g/mol. The van der Waals surface area contributed by atoms with Crippen molar-refractivity contribution in [3.63, 3.8) is 0 Å². The Morgan fingerprint density at radius 2 is 0.773 bits per heavy atom. The molecule has 0 fully saturated rings. The average Bonchev–Trinajstić information content (AvgIpc) is 2.45. The van der Waals surface area contributed by atoms with Gasteiger partial charge in [-0.15, -0.1) is 0 Å². The molecule has 0 aromatic carbocycles. The van der Waals surface area contributed by atoms with Crippen molar-refractivity contribution in [3.05, 3.63) is 0 Å². The summed E-state index contributed by atoms with van der Waals surface area (Å²) in [5.74, 6) is 1.26. The van der Waals surface area contributed by atoms with Crippen molar-refractivity contribution in [2.24, 2.45) is 5.14 Å². The second kappa shape index (κ2) is 16.2. The highest BCUT2D eigenvalue weighted by molar-refractivity contribution is 8.30. The lowest BCUT2D eigenvalue weighted by molar-refractivity contribution is 0.531. The second-order valence-electron chi connectivity index (χ2n) is 7.63. The largest absolute Gasteiger partial charge is 0.295 e. The normalized spacial score (nSPS) is 12.7. The highest BCUT2D eigenvalue weighted by atomic mass is 32.3. The SMILES string of the molecule is CCCCCCCCCCCCCCCCCCS(C)(C)N. The van der Waals surface area contributed by atoms with Crippen LogP contribution in [0.1, 0.15) is 110 Å². The van der Waals surface area contributed by atoms with E-state index in [-0.39, 0.29) is 0 Å². The van der Waals surface area contributed by atoms with E-state index in [4.69, 9.17) is 5.14 Å². The molecule has 0 unspecified atom stereocenters. The molecule has 0 bridgehead atoms. The van der Waals surface area contributed by atoms with Crippen LogP contribution in [0.15, 0.2) is 0 Å². The molecule has 0 heterocycles. The van der Waals surface area contributed by atoms with E-state index in [0.717, 1.165) is 0 Å². The van der Waals surface area contributed by atoms with E-state index in [1.54, 1.807) is 0 Å². The van der Waals surface area contributed by atoms with Crippen molar-refractivity contribution in [1.29, 1.82) is 0 Å². The minimum absolute atomic E-state index is 0.744. The maximum atomic E-state index is 6.08. The number of nitrogens with two attached hydrogens (primary N) is 1. The van der Waals surface area contributed by atoms with Gasteiger partial charge in [-0.2, -0.15) is 10.2 Å². The van der Waals surface area contributed by atoms with Gasteiger partial charge in [-0.1, -0.05) is 103 Å². The number of hydrogen-bond acceptors (Lipinski definition) is 1. The Labute approximate surface area is 143 Å². The molecule has 2 N–H and O–H groups in total. The van der Waals surface area contributed by atoms with Crippen molar-refractivity contribution >= 4 is 10.2 Å². The minimum Gasteiger partial charge on any atom is -0.295 e. The van der Waals surface area contributed by atoms with Gasteiger partial charge < -0.3 is 0 Å². The van der Waals surface area contributed by atoms with Gasteiger partial charge >= 0.3 is 0 Å². The van der Waals surface area contributed by atoms with Gasteiger partial charge in [0.15, 0.2) is 0 Å². The van der Waals surface area contributed by atoms with Gasteiger partial charge in [-0.05, 0) is 24.7 Å². The van der Waals surface area contributed by atoms with E-state index in [0.29, 0.717) is 0 Å². The first-order valence-electron chi connectivity index (χ1n) is 10.0. The predicted octanol–water partition coefficient (Wildman–Crippen LogP) is 7.19. The highest BCUT2D eigenvalue weighted by Gasteiger charge is 2.02. The lowest BCUT2D eigenvalue weighted by Crippen LogP contribution is -2.10. The maximum Gasteiger partial charge on any atom is -0.0117 e. The molecule has 0 rings (SSSR count). The first-order chi connectivity index (χ1) is 10.6. The minimum atomic E-state index is -0.744. The van der Waals surface area contributed by atoms with Crippen molar-refractivity contribution in [3.8, 4) is 0 Å². The Morgan fingerprint density at radius 3 is 1.05 bits per heavy atom. The summed E-state index contributed by atoms with van der Waals surface area (Å²) in [6.07, 6.45) is 27.5. The molecule has 0 aromatic rings. The summed E-state index contributed by atoms with van der Waals surface area (Å²) in [4.78, 5) is 0. The van der Waals surface area contributed by atoms with E-state index < -0.39 is 10.2 Å². The summed E-state index contributed by atoms with van der Waals surface area (Å²) >= 11 is 0. The third-order valence-electron chi connectivity index (χ3n) is 4.52. The van der Waals surface area contributed by atoms with Crippen molar-refractivity contribution in [2.45, 2.75) is 110 Å². The van der Waals surface area contributed by atoms with Gasteiger partial charge in [0.05, 0.1) is 0 Å². The predicted molar refractivity (Wildman–Crippen MR) is 108 cm³/mol. The smallest absolute Gasteiger partial charge is 0.0117 e. The topological polar surface area (TPSA) is 26.0 Å². The van der Waals surface area contributed by atoms with Crippen LogP contribution in [0.2, 0.25) is 0 Å². The molecule has 0 aromatic heterocycles. The molecule has 0 saturated heterocycles. The van der Waals surface area contributed by atoms with Gasteiger partial charge in [-0.25, -0.2) is 0 Å². The van der Waals surface area contributed by atoms with Gasteiger partial charge in [0.2, 0.25) is 0 Å². The molecule has 0 amide bonds. The Balaban J connectivity index is 3.00. The van der Waals surface area contributed by atoms with Crippen LogP contribution >= 0.6 is 10.2 Å². The summed E-state index contributed by atoms with van der Waals surface area (Å²) in [5, 5.41) is 6.08. The molecule has 136 valence electrons. The van der Waals surface area contributed by atoms with Gasteiger partial charge in [0.1, 0.15) is 0 Å². The Bertz CT molecular complexity index is 210. The lowest BCUT2D eigenvalue weighted by Gasteiger charge is -2.24. The zero-order valence-corrected chi connectivity index (χ0v) is 16.8. The van der Waals surface area contributed by atoms with Crippen molar-refractivity contribution in [2.75, 3.05) is 18.3 Å². The number of rotatable bonds is 17. The van der Waals surface area contributed by atoms with E-state index in [1.165, 1.54) is 108 Å². The molecule has 22 heavy (non-hydrogen) atoms. The first-order valence-corrected chi connectivity index (χ1v) is 12.7. The summed E-state index contributed by atoms with van der Waals surface area (Å²) < 4.78 is 0. The van der Waals surface area contributed by atoms with Crippen molar-refractivity contribution in [1.82, 2.24) is 0 Å². The van der Waals surface area contributed by atoms with E-state index >= 15 is 0 Å². The second-order valence-corrected chi connectivity index (χ2v) is 11.3. The molecule has 0 saturated carbocycles. The fraction of sp³-hybridized carbons (Fsp3) is 1.00. The quantitative estimate of drug-likeness (QED) is 0.280. The Kier molecular flexibility index (Phi) is 16.4. The van der Waals surface area contributed by atoms with Gasteiger partial charge in [-0.3, -0.25) is 5.14 Å². The molecule has 0 aliphatic rings. The molecular formula is C20H45NS. The van der Waals surface area contributed by atoms with Crippen LogP contribution in [0, 0.1) is 0 Å². The zero-order chi connectivity index (χ0) is 16.5. The van der Waals surface area contributed by atoms with Crippen LogP contribution in [-0.4, -0.2) is 18.3 Å². The van der Waals surface area contributed by atoms with Crippen LogP contribution in [0.5, 0.6) is 0 Å². The molecule has 1 nitrogen and oxygen atoms in total. The first kappa shape index (κ1) is 22.3. The zero-order valence-electron chi connectivity index (χ0n) is 16.0. The molecule has 0 atom stereocenters. The molecular weight excluding hydrogens is 286 g/mol. The third-order valence-corrected chi connectivity index (χ3v) is 5.86. The Hall–Kier alpha value is 0.310. The molecule has 0 aliphatic heterocycles. The monoisotopic (exact) mass is 331 g/mol. The van der Waals surface area contributed by atoms with Gasteiger partial charge in [0.25, 0.3) is 0 Å². The van der Waals surface area contributed by atoms with Crippen molar-refractivity contribution < 1.29 is 0 Å². The molecule has 2 heteroatoms. The van der Waals surface area contributed by atoms with Crippen LogP contribution < -0.4 is 5.14 Å². The summed E-state index contributed by atoms with van der Waals surface area (Å²) in [7, 11) is -0.744. The fourth-order valence-electron chi connectivity index (χ4n) is 3.02. The number of hydrogen-bond donors (Lipinski definition) is 1. The van der Waals surface area contributed by atoms with E-state index in [1.807, 2.05) is 0 Å². The summed E-state index contributed by atoms with van der Waals surface area (Å²) in [5.41, 5.74) is 0. The fourth-order valence-corrected chi connectivity index (χ4v) is 3.97. The molecule has 0 aliphatic carbocycles. The van der Waals surface area contributed by atoms with Crippen LogP contribution in [0.4, 0.5) is 0 Å². The van der Waals surface area contributed by atoms with Crippen LogP contribution in [0.25, 0.3) is 0 Å².